The number of nitrogens with one attached hydrogen (secondary N) is 1. The zero-order chi connectivity index (χ0) is 20.6. The summed E-state index contributed by atoms with van der Waals surface area (Å²) in [6.07, 6.45) is 2.56. The SMILES string of the molecule is C=CCNC(=O)[C@H](C)N(Cc1ccc(OC)cc1)C(=O)CN(C)S(C)(=O)=O. The van der Waals surface area contributed by atoms with Crippen molar-refractivity contribution in [2.75, 3.05) is 33.5 Å². The van der Waals surface area contributed by atoms with Gasteiger partial charge in [0.2, 0.25) is 21.8 Å². The van der Waals surface area contributed by atoms with Crippen LogP contribution in [0.5, 0.6) is 5.75 Å². The van der Waals surface area contributed by atoms with Gasteiger partial charge in [0.25, 0.3) is 0 Å². The number of rotatable bonds is 10. The zero-order valence-electron chi connectivity index (χ0n) is 16.1. The number of hydrogen-bond acceptors (Lipinski definition) is 5. The van der Waals surface area contributed by atoms with E-state index in [9.17, 15) is 18.0 Å². The second-order valence-electron chi connectivity index (χ2n) is 6.10. The van der Waals surface area contributed by atoms with Crippen molar-refractivity contribution in [1.82, 2.24) is 14.5 Å². The number of methoxy groups -OCH3 is 1. The third kappa shape index (κ3) is 7.03. The molecule has 1 aromatic rings. The number of amides is 2. The summed E-state index contributed by atoms with van der Waals surface area (Å²) in [5.41, 5.74) is 0.787. The molecule has 0 aliphatic carbocycles. The van der Waals surface area contributed by atoms with E-state index in [0.29, 0.717) is 5.75 Å². The predicted molar refractivity (Wildman–Crippen MR) is 104 cm³/mol. The largest absolute Gasteiger partial charge is 0.497 e. The van der Waals surface area contributed by atoms with Gasteiger partial charge >= 0.3 is 0 Å². The maximum atomic E-state index is 12.7. The van der Waals surface area contributed by atoms with E-state index in [1.807, 2.05) is 0 Å². The maximum absolute atomic E-state index is 12.7. The lowest BCUT2D eigenvalue weighted by Gasteiger charge is -2.30. The highest BCUT2D eigenvalue weighted by Gasteiger charge is 2.28. The van der Waals surface area contributed by atoms with Gasteiger partial charge in [-0.05, 0) is 24.6 Å². The van der Waals surface area contributed by atoms with Gasteiger partial charge in [0, 0.05) is 20.1 Å². The van der Waals surface area contributed by atoms with E-state index >= 15 is 0 Å². The lowest BCUT2D eigenvalue weighted by molar-refractivity contribution is -0.140. The molecule has 0 bridgehead atoms. The summed E-state index contributed by atoms with van der Waals surface area (Å²) in [5.74, 6) is -0.149. The molecule has 0 heterocycles. The Morgan fingerprint density at radius 1 is 1.30 bits per heavy atom. The monoisotopic (exact) mass is 397 g/mol. The molecule has 150 valence electrons. The van der Waals surface area contributed by atoms with Crippen molar-refractivity contribution in [2.45, 2.75) is 19.5 Å². The molecule has 0 aliphatic rings. The molecule has 0 fully saturated rings. The smallest absolute Gasteiger partial charge is 0.242 e. The van der Waals surface area contributed by atoms with Gasteiger partial charge in [0.15, 0.2) is 0 Å². The molecule has 0 saturated carbocycles. The minimum atomic E-state index is -3.52. The highest BCUT2D eigenvalue weighted by Crippen LogP contribution is 2.15. The molecule has 1 N–H and O–H groups in total. The molecule has 1 rings (SSSR count). The minimum absolute atomic E-state index is 0.156. The van der Waals surface area contributed by atoms with Crippen molar-refractivity contribution in [2.24, 2.45) is 0 Å². The van der Waals surface area contributed by atoms with Crippen LogP contribution < -0.4 is 10.1 Å². The lowest BCUT2D eigenvalue weighted by atomic mass is 10.1. The fourth-order valence-electron chi connectivity index (χ4n) is 2.23. The number of carbonyl (C=O) groups is 2. The van der Waals surface area contributed by atoms with Crippen LogP contribution in [0.15, 0.2) is 36.9 Å². The predicted octanol–water partition coefficient (Wildman–Crippen LogP) is 0.606. The third-order valence-electron chi connectivity index (χ3n) is 4.02. The van der Waals surface area contributed by atoms with Crippen LogP contribution in [0.2, 0.25) is 0 Å². The van der Waals surface area contributed by atoms with E-state index in [1.54, 1.807) is 38.3 Å². The molecule has 0 unspecified atom stereocenters. The van der Waals surface area contributed by atoms with Crippen LogP contribution >= 0.6 is 0 Å². The van der Waals surface area contributed by atoms with Gasteiger partial charge in [-0.25, -0.2) is 8.42 Å². The fourth-order valence-corrected chi connectivity index (χ4v) is 2.57. The van der Waals surface area contributed by atoms with Gasteiger partial charge < -0.3 is 15.0 Å². The van der Waals surface area contributed by atoms with Crippen LogP contribution in [-0.2, 0) is 26.2 Å². The zero-order valence-corrected chi connectivity index (χ0v) is 17.0. The van der Waals surface area contributed by atoms with Crippen molar-refractivity contribution >= 4 is 21.8 Å². The summed E-state index contributed by atoms with van der Waals surface area (Å²) in [6.45, 7) is 5.22. The maximum Gasteiger partial charge on any atom is 0.242 e. The summed E-state index contributed by atoms with van der Waals surface area (Å²) in [5, 5.41) is 2.65. The van der Waals surface area contributed by atoms with E-state index in [2.05, 4.69) is 11.9 Å². The molecule has 0 aliphatic heterocycles. The van der Waals surface area contributed by atoms with Gasteiger partial charge in [0.05, 0.1) is 19.9 Å². The molecule has 2 amide bonds. The molecule has 27 heavy (non-hydrogen) atoms. The molecule has 1 atom stereocenters. The van der Waals surface area contributed by atoms with Crippen LogP contribution in [0.4, 0.5) is 0 Å². The number of benzene rings is 1. The van der Waals surface area contributed by atoms with Crippen LogP contribution in [0, 0.1) is 0 Å². The van der Waals surface area contributed by atoms with Crippen molar-refractivity contribution in [3.05, 3.63) is 42.5 Å². The van der Waals surface area contributed by atoms with E-state index in [4.69, 9.17) is 4.74 Å². The van der Waals surface area contributed by atoms with Crippen LogP contribution in [-0.4, -0.2) is 69.0 Å². The van der Waals surface area contributed by atoms with Gasteiger partial charge in [0.1, 0.15) is 11.8 Å². The van der Waals surface area contributed by atoms with Gasteiger partial charge in [-0.15, -0.1) is 6.58 Å². The van der Waals surface area contributed by atoms with Gasteiger partial charge in [-0.2, -0.15) is 4.31 Å². The fraction of sp³-hybridized carbons (Fsp3) is 0.444. The van der Waals surface area contributed by atoms with E-state index in [-0.39, 0.29) is 25.5 Å². The topological polar surface area (TPSA) is 96.0 Å². The first-order valence-electron chi connectivity index (χ1n) is 8.32. The van der Waals surface area contributed by atoms with Gasteiger partial charge in [-0.3, -0.25) is 9.59 Å². The Balaban J connectivity index is 3.04. The molecule has 0 radical (unpaired) electrons. The highest BCUT2D eigenvalue weighted by atomic mass is 32.2. The first kappa shape index (κ1) is 22.7. The Hall–Kier alpha value is -2.39. The first-order chi connectivity index (χ1) is 12.6. The molecular weight excluding hydrogens is 370 g/mol. The Morgan fingerprint density at radius 3 is 2.37 bits per heavy atom. The normalized spacial score (nSPS) is 12.3. The average molecular weight is 397 g/mol. The van der Waals surface area contributed by atoms with Crippen molar-refractivity contribution in [3.8, 4) is 5.75 Å². The molecule has 0 aromatic heterocycles. The molecular formula is C18H27N3O5S. The standard InChI is InChI=1S/C18H27N3O5S/c1-6-11-19-18(23)14(2)21(17(22)13-20(3)27(5,24)25)12-15-7-9-16(26-4)10-8-15/h6-10,14H,1,11-13H2,2-5H3,(H,19,23)/t14-/m0/s1. The number of nitrogens with zero attached hydrogens (tertiary/aromatic N) is 2. The molecule has 8 nitrogen and oxygen atoms in total. The summed E-state index contributed by atoms with van der Waals surface area (Å²) in [7, 11) is -0.644. The Kier molecular flexibility index (Phi) is 8.45. The van der Waals surface area contributed by atoms with Crippen molar-refractivity contribution in [3.63, 3.8) is 0 Å². The van der Waals surface area contributed by atoms with Crippen molar-refractivity contribution in [1.29, 1.82) is 0 Å². The number of hydrogen-bond donors (Lipinski definition) is 1. The van der Waals surface area contributed by atoms with E-state index < -0.39 is 22.0 Å². The molecule has 0 saturated heterocycles. The van der Waals surface area contributed by atoms with Crippen molar-refractivity contribution < 1.29 is 22.7 Å². The number of carbonyl (C=O) groups excluding carboxylic acids is 2. The minimum Gasteiger partial charge on any atom is -0.497 e. The van der Waals surface area contributed by atoms with E-state index in [0.717, 1.165) is 16.1 Å². The summed E-state index contributed by atoms with van der Waals surface area (Å²) in [4.78, 5) is 26.4. The number of likely N-dealkylation sites (N-methyl/N-ethyl adjacent to an activating group) is 1. The molecule has 0 spiro atoms. The lowest BCUT2D eigenvalue weighted by Crippen LogP contribution is -2.50. The quantitative estimate of drug-likeness (QED) is 0.584. The van der Waals surface area contributed by atoms with E-state index in [1.165, 1.54) is 18.0 Å². The summed E-state index contributed by atoms with van der Waals surface area (Å²) >= 11 is 0. The Morgan fingerprint density at radius 2 is 1.89 bits per heavy atom. The van der Waals surface area contributed by atoms with Crippen LogP contribution in [0.1, 0.15) is 12.5 Å². The number of ether oxygens (including phenoxy) is 1. The second-order valence-corrected chi connectivity index (χ2v) is 8.19. The summed E-state index contributed by atoms with van der Waals surface area (Å²) < 4.78 is 29.3. The highest BCUT2D eigenvalue weighted by molar-refractivity contribution is 7.88. The molecule has 9 heteroatoms. The molecule has 1 aromatic carbocycles. The van der Waals surface area contributed by atoms with Crippen LogP contribution in [0.3, 0.4) is 0 Å². The number of sulfonamides is 1. The Labute approximate surface area is 160 Å². The van der Waals surface area contributed by atoms with Crippen LogP contribution in [0.25, 0.3) is 0 Å². The first-order valence-corrected chi connectivity index (χ1v) is 10.2. The second kappa shape index (κ2) is 10.1. The third-order valence-corrected chi connectivity index (χ3v) is 5.29. The average Bonchev–Trinajstić information content (AvgIpc) is 2.63. The summed E-state index contributed by atoms with van der Waals surface area (Å²) in [6, 6.07) is 6.29. The van der Waals surface area contributed by atoms with Gasteiger partial charge in [-0.1, -0.05) is 18.2 Å². The Bertz CT molecular complexity index is 762.